The Labute approximate surface area is 197 Å². The van der Waals surface area contributed by atoms with Crippen LogP contribution in [0.15, 0.2) is 52.2 Å². The number of amides is 1. The quantitative estimate of drug-likeness (QED) is 0.454. The highest BCUT2D eigenvalue weighted by molar-refractivity contribution is 7.25. The third kappa shape index (κ3) is 4.19. The third-order valence-electron chi connectivity index (χ3n) is 5.76. The van der Waals surface area contributed by atoms with E-state index in [1.165, 1.54) is 20.5 Å². The molecule has 3 aromatic heterocycles. The van der Waals surface area contributed by atoms with E-state index in [0.717, 1.165) is 18.4 Å². The van der Waals surface area contributed by atoms with Gasteiger partial charge in [-0.15, -0.1) is 11.3 Å². The van der Waals surface area contributed by atoms with Gasteiger partial charge in [0.05, 0.1) is 18.2 Å². The minimum absolute atomic E-state index is 0.163. The molecule has 5 rings (SSSR count). The largest absolute Gasteiger partial charge is 0.376 e. The number of aromatic nitrogens is 3. The van der Waals surface area contributed by atoms with Gasteiger partial charge in [0.1, 0.15) is 16.1 Å². The number of fused-ring (bicyclic) bond motifs is 3. The molecule has 10 heteroatoms. The summed E-state index contributed by atoms with van der Waals surface area (Å²) in [6, 6.07) is 10.8. The first kappa shape index (κ1) is 21.8. The van der Waals surface area contributed by atoms with E-state index < -0.39 is 5.69 Å². The van der Waals surface area contributed by atoms with Gasteiger partial charge in [0.25, 0.3) is 5.56 Å². The highest BCUT2D eigenvalue weighted by Gasteiger charge is 2.23. The molecule has 4 aromatic rings. The molecular weight excluding hydrogens is 464 g/mol. The van der Waals surface area contributed by atoms with Crippen LogP contribution in [0.4, 0.5) is 0 Å². The second-order valence-electron chi connectivity index (χ2n) is 7.92. The fraction of sp³-hybridized carbons (Fsp3) is 0.304. The lowest BCUT2D eigenvalue weighted by atomic mass is 10.2. The second kappa shape index (κ2) is 9.09. The molecular formula is C23H21ClN4O4S. The molecule has 0 bridgehead atoms. The van der Waals surface area contributed by atoms with E-state index in [1.807, 2.05) is 24.3 Å². The average Bonchev–Trinajstić information content (AvgIpc) is 3.47. The second-order valence-corrected chi connectivity index (χ2v) is 9.33. The van der Waals surface area contributed by atoms with Crippen LogP contribution in [0.5, 0.6) is 0 Å². The van der Waals surface area contributed by atoms with Gasteiger partial charge in [0.15, 0.2) is 0 Å². The maximum absolute atomic E-state index is 13.5. The molecule has 1 saturated heterocycles. The number of ether oxygens (including phenoxy) is 1. The fourth-order valence-electron chi connectivity index (χ4n) is 4.12. The highest BCUT2D eigenvalue weighted by Crippen LogP contribution is 2.29. The van der Waals surface area contributed by atoms with E-state index in [-0.39, 0.29) is 37.2 Å². The number of nitrogens with one attached hydrogen (secondary N) is 1. The van der Waals surface area contributed by atoms with E-state index >= 15 is 0 Å². The molecule has 4 heterocycles. The first-order valence-electron chi connectivity index (χ1n) is 10.7. The summed E-state index contributed by atoms with van der Waals surface area (Å²) in [5, 5.41) is 4.05. The normalized spacial score (nSPS) is 16.0. The summed E-state index contributed by atoms with van der Waals surface area (Å²) in [6.07, 6.45) is 3.13. The van der Waals surface area contributed by atoms with Crippen molar-refractivity contribution in [2.75, 3.05) is 6.61 Å². The van der Waals surface area contributed by atoms with Gasteiger partial charge in [-0.2, -0.15) is 0 Å². The summed E-state index contributed by atoms with van der Waals surface area (Å²) in [6.45, 7) is 0.786. The zero-order chi connectivity index (χ0) is 22.9. The molecule has 1 fully saturated rings. The van der Waals surface area contributed by atoms with Crippen LogP contribution < -0.4 is 16.6 Å². The van der Waals surface area contributed by atoms with Crippen molar-refractivity contribution in [1.29, 1.82) is 0 Å². The molecule has 0 radical (unpaired) electrons. The van der Waals surface area contributed by atoms with Crippen molar-refractivity contribution in [2.24, 2.45) is 0 Å². The van der Waals surface area contributed by atoms with Gasteiger partial charge < -0.3 is 10.1 Å². The molecule has 1 aliphatic rings. The monoisotopic (exact) mass is 484 g/mol. The Morgan fingerprint density at radius 3 is 2.85 bits per heavy atom. The van der Waals surface area contributed by atoms with Crippen molar-refractivity contribution in [3.05, 3.63) is 74.0 Å². The number of halogens is 1. The molecule has 1 atom stereocenters. The van der Waals surface area contributed by atoms with Gasteiger partial charge in [-0.1, -0.05) is 29.8 Å². The molecule has 1 aliphatic heterocycles. The van der Waals surface area contributed by atoms with E-state index in [4.69, 9.17) is 16.3 Å². The van der Waals surface area contributed by atoms with Crippen molar-refractivity contribution in [3.8, 4) is 0 Å². The summed E-state index contributed by atoms with van der Waals surface area (Å²) in [5.74, 6) is -0.358. The lowest BCUT2D eigenvalue weighted by Crippen LogP contribution is -2.44. The number of hydrogen-bond donors (Lipinski definition) is 1. The first-order valence-corrected chi connectivity index (χ1v) is 11.8. The smallest absolute Gasteiger partial charge is 0.332 e. The van der Waals surface area contributed by atoms with Crippen molar-refractivity contribution < 1.29 is 9.53 Å². The zero-order valence-corrected chi connectivity index (χ0v) is 19.2. The van der Waals surface area contributed by atoms with Crippen LogP contribution >= 0.6 is 22.9 Å². The SMILES string of the molecule is O=C(Cn1c(=O)n(C[C@H]2CCCO2)c(=O)c2sc3ncccc3c21)NCc1ccccc1Cl. The van der Waals surface area contributed by atoms with E-state index in [9.17, 15) is 14.4 Å². The molecule has 0 unspecified atom stereocenters. The molecule has 0 aliphatic carbocycles. The zero-order valence-electron chi connectivity index (χ0n) is 17.6. The maximum atomic E-state index is 13.5. The minimum atomic E-state index is -0.528. The van der Waals surface area contributed by atoms with Gasteiger partial charge in [-0.25, -0.2) is 9.78 Å². The van der Waals surface area contributed by atoms with E-state index in [1.54, 1.807) is 18.3 Å². The van der Waals surface area contributed by atoms with Crippen LogP contribution in [-0.2, 0) is 29.2 Å². The Kier molecular flexibility index (Phi) is 6.01. The summed E-state index contributed by atoms with van der Waals surface area (Å²) >= 11 is 7.41. The summed E-state index contributed by atoms with van der Waals surface area (Å²) < 4.78 is 8.61. The standard InChI is InChI=1S/C23H21ClN4O4S/c24-17-8-2-1-5-14(17)11-26-18(29)13-27-19-16-7-3-9-25-21(16)33-20(19)22(30)28(23(27)31)12-15-6-4-10-32-15/h1-3,5,7-9,15H,4,6,10-13H2,(H,26,29)/t15-/m1/s1. The van der Waals surface area contributed by atoms with Gasteiger partial charge >= 0.3 is 5.69 Å². The molecule has 1 amide bonds. The van der Waals surface area contributed by atoms with Crippen molar-refractivity contribution in [2.45, 2.75) is 38.6 Å². The van der Waals surface area contributed by atoms with Crippen molar-refractivity contribution in [3.63, 3.8) is 0 Å². The van der Waals surface area contributed by atoms with E-state index in [2.05, 4.69) is 10.3 Å². The minimum Gasteiger partial charge on any atom is -0.376 e. The summed E-state index contributed by atoms with van der Waals surface area (Å²) in [7, 11) is 0. The Balaban J connectivity index is 1.55. The predicted octanol–water partition coefficient (Wildman–Crippen LogP) is 2.92. The van der Waals surface area contributed by atoms with Gasteiger partial charge in [0, 0.05) is 29.8 Å². The van der Waals surface area contributed by atoms with Crippen LogP contribution in [0.2, 0.25) is 5.02 Å². The summed E-state index contributed by atoms with van der Waals surface area (Å²) in [5.41, 5.74) is 0.314. The first-order chi connectivity index (χ1) is 16.0. The molecule has 170 valence electrons. The number of carbonyl (C=O) groups excluding carboxylic acids is 1. The Morgan fingerprint density at radius 1 is 1.21 bits per heavy atom. The molecule has 8 nitrogen and oxygen atoms in total. The average molecular weight is 485 g/mol. The molecule has 1 aromatic carbocycles. The Bertz CT molecular complexity index is 1470. The lowest BCUT2D eigenvalue weighted by Gasteiger charge is -2.15. The van der Waals surface area contributed by atoms with Crippen molar-refractivity contribution >= 4 is 49.3 Å². The Hall–Kier alpha value is -3.01. The molecule has 0 spiro atoms. The number of carbonyl (C=O) groups is 1. The van der Waals surface area contributed by atoms with E-state index in [0.29, 0.717) is 32.1 Å². The third-order valence-corrected chi connectivity index (χ3v) is 7.22. The molecule has 33 heavy (non-hydrogen) atoms. The van der Waals surface area contributed by atoms with Crippen LogP contribution in [0, 0.1) is 0 Å². The van der Waals surface area contributed by atoms with Gasteiger partial charge in [-0.3, -0.25) is 18.7 Å². The highest BCUT2D eigenvalue weighted by atomic mass is 35.5. The van der Waals surface area contributed by atoms with Crippen LogP contribution in [0.25, 0.3) is 20.4 Å². The Morgan fingerprint density at radius 2 is 2.06 bits per heavy atom. The topological polar surface area (TPSA) is 95.2 Å². The predicted molar refractivity (Wildman–Crippen MR) is 128 cm³/mol. The van der Waals surface area contributed by atoms with Gasteiger partial charge in [-0.05, 0) is 36.6 Å². The van der Waals surface area contributed by atoms with Crippen LogP contribution in [-0.4, -0.2) is 32.7 Å². The number of nitrogens with zero attached hydrogens (tertiary/aromatic N) is 3. The fourth-order valence-corrected chi connectivity index (χ4v) is 5.42. The number of benzene rings is 1. The van der Waals surface area contributed by atoms with Crippen molar-refractivity contribution in [1.82, 2.24) is 19.4 Å². The van der Waals surface area contributed by atoms with Crippen LogP contribution in [0.3, 0.4) is 0 Å². The number of rotatable bonds is 6. The summed E-state index contributed by atoms with van der Waals surface area (Å²) in [4.78, 5) is 44.5. The maximum Gasteiger partial charge on any atom is 0.332 e. The van der Waals surface area contributed by atoms with Crippen LogP contribution in [0.1, 0.15) is 18.4 Å². The van der Waals surface area contributed by atoms with Gasteiger partial charge in [0.2, 0.25) is 5.91 Å². The molecule has 0 saturated carbocycles. The lowest BCUT2D eigenvalue weighted by molar-refractivity contribution is -0.121. The number of thiophene rings is 1. The number of hydrogen-bond acceptors (Lipinski definition) is 6. The number of pyridine rings is 1. The molecule has 1 N–H and O–H groups in total.